The molecule has 5 fully saturated rings. The Bertz CT molecular complexity index is 879. The second-order valence-electron chi connectivity index (χ2n) is 14.4. The Morgan fingerprint density at radius 3 is 2.24 bits per heavy atom. The molecule has 0 saturated heterocycles. The van der Waals surface area contributed by atoms with E-state index < -0.39 is 11.4 Å². The molecule has 0 aromatic carbocycles. The summed E-state index contributed by atoms with van der Waals surface area (Å²) in [4.78, 5) is 12.8. The SMILES string of the molecule is C=C(C)C1CCC2(C(=O)O)CCC3(CO)C(CCC4C5(C)CCC(O)C(C)(C)C5CCC43C)C12. The van der Waals surface area contributed by atoms with Gasteiger partial charge in [0.25, 0.3) is 0 Å². The highest BCUT2D eigenvalue weighted by atomic mass is 16.4. The van der Waals surface area contributed by atoms with Crippen LogP contribution >= 0.6 is 0 Å². The summed E-state index contributed by atoms with van der Waals surface area (Å²) in [6.45, 7) is 16.1. The van der Waals surface area contributed by atoms with E-state index in [1.54, 1.807) is 0 Å². The van der Waals surface area contributed by atoms with Crippen molar-refractivity contribution in [1.82, 2.24) is 0 Å². The number of allylic oxidation sites excluding steroid dienone is 1. The smallest absolute Gasteiger partial charge is 0.309 e. The predicted octanol–water partition coefficient (Wildman–Crippen LogP) is 6.06. The number of carbonyl (C=O) groups is 1. The van der Waals surface area contributed by atoms with Crippen molar-refractivity contribution in [3.05, 3.63) is 12.2 Å². The highest BCUT2D eigenvalue weighted by molar-refractivity contribution is 5.76. The standard InChI is InChI=1S/C30H48O4/c1-18(2)19-9-14-29(25(33)34)15-16-30(17-31)20(24(19)29)7-8-22-27(5)12-11-23(32)26(3,4)21(27)10-13-28(22,30)6/h19-24,31-32H,1,7-17H2,2-6H3,(H,33,34). The Labute approximate surface area is 206 Å². The van der Waals surface area contributed by atoms with Crippen LogP contribution in [0.15, 0.2) is 12.2 Å². The van der Waals surface area contributed by atoms with Crippen LogP contribution in [0.3, 0.4) is 0 Å². The number of aliphatic carboxylic acids is 1. The molecule has 4 heteroatoms. The van der Waals surface area contributed by atoms with Crippen molar-refractivity contribution in [3.63, 3.8) is 0 Å². The Morgan fingerprint density at radius 2 is 1.62 bits per heavy atom. The summed E-state index contributed by atoms with van der Waals surface area (Å²) >= 11 is 0. The second kappa shape index (κ2) is 7.57. The van der Waals surface area contributed by atoms with Crippen molar-refractivity contribution in [2.24, 2.45) is 56.7 Å². The van der Waals surface area contributed by atoms with Gasteiger partial charge in [-0.15, -0.1) is 0 Å². The Balaban J connectivity index is 1.60. The second-order valence-corrected chi connectivity index (χ2v) is 14.4. The lowest BCUT2D eigenvalue weighted by atomic mass is 9.32. The van der Waals surface area contributed by atoms with Crippen LogP contribution < -0.4 is 0 Å². The average Bonchev–Trinajstić information content (AvgIpc) is 3.18. The molecule has 0 radical (unpaired) electrons. The molecule has 192 valence electrons. The van der Waals surface area contributed by atoms with Crippen LogP contribution in [0.4, 0.5) is 0 Å². The van der Waals surface area contributed by atoms with Gasteiger partial charge in [0.1, 0.15) is 0 Å². The van der Waals surface area contributed by atoms with Gasteiger partial charge >= 0.3 is 5.97 Å². The molecule has 10 atom stereocenters. The number of carboxylic acid groups (broad SMARTS) is 1. The van der Waals surface area contributed by atoms with E-state index in [0.29, 0.717) is 18.3 Å². The first-order valence-electron chi connectivity index (χ1n) is 14.0. The van der Waals surface area contributed by atoms with Crippen molar-refractivity contribution in [2.45, 2.75) is 105 Å². The quantitative estimate of drug-likeness (QED) is 0.436. The molecule has 0 bridgehead atoms. The van der Waals surface area contributed by atoms with Gasteiger partial charge in [0.2, 0.25) is 0 Å². The van der Waals surface area contributed by atoms with E-state index in [2.05, 4.69) is 41.2 Å². The number of fused-ring (bicyclic) bond motifs is 7. The van der Waals surface area contributed by atoms with Crippen LogP contribution in [0.1, 0.15) is 98.8 Å². The van der Waals surface area contributed by atoms with E-state index in [1.165, 1.54) is 0 Å². The highest BCUT2D eigenvalue weighted by Gasteiger charge is 2.73. The van der Waals surface area contributed by atoms with E-state index in [-0.39, 0.29) is 52.1 Å². The summed E-state index contributed by atoms with van der Waals surface area (Å²) in [5, 5.41) is 32.7. The molecule has 0 spiro atoms. The largest absolute Gasteiger partial charge is 0.481 e. The maximum atomic E-state index is 12.8. The average molecular weight is 473 g/mol. The van der Waals surface area contributed by atoms with Crippen LogP contribution in [0.5, 0.6) is 0 Å². The van der Waals surface area contributed by atoms with E-state index in [4.69, 9.17) is 0 Å². The van der Waals surface area contributed by atoms with E-state index in [1.807, 2.05) is 0 Å². The van der Waals surface area contributed by atoms with Crippen molar-refractivity contribution in [2.75, 3.05) is 6.61 Å². The molecule has 5 rings (SSSR count). The Kier molecular flexibility index (Phi) is 5.52. The summed E-state index contributed by atoms with van der Waals surface area (Å²) in [6, 6.07) is 0. The van der Waals surface area contributed by atoms with Crippen LogP contribution in [-0.4, -0.2) is 34.0 Å². The summed E-state index contributed by atoms with van der Waals surface area (Å²) < 4.78 is 0. The Morgan fingerprint density at radius 1 is 0.912 bits per heavy atom. The van der Waals surface area contributed by atoms with Gasteiger partial charge in [0.15, 0.2) is 0 Å². The van der Waals surface area contributed by atoms with Crippen LogP contribution in [0.2, 0.25) is 0 Å². The lowest BCUT2D eigenvalue weighted by Crippen LogP contribution is -2.68. The molecule has 0 aromatic heterocycles. The summed E-state index contributed by atoms with van der Waals surface area (Å²) in [7, 11) is 0. The molecular formula is C30H48O4. The summed E-state index contributed by atoms with van der Waals surface area (Å²) in [5.74, 6) is 0.981. The molecule has 0 aliphatic heterocycles. The van der Waals surface area contributed by atoms with Crippen molar-refractivity contribution in [3.8, 4) is 0 Å². The molecule has 3 N–H and O–H groups in total. The first-order valence-corrected chi connectivity index (χ1v) is 14.0. The molecular weight excluding hydrogens is 424 g/mol. The van der Waals surface area contributed by atoms with Gasteiger partial charge in [-0.25, -0.2) is 0 Å². The molecule has 0 heterocycles. The first-order chi connectivity index (χ1) is 15.8. The molecule has 5 aliphatic carbocycles. The zero-order valence-electron chi connectivity index (χ0n) is 22.2. The van der Waals surface area contributed by atoms with E-state index in [9.17, 15) is 20.1 Å². The van der Waals surface area contributed by atoms with Gasteiger partial charge in [0, 0.05) is 12.0 Å². The van der Waals surface area contributed by atoms with Gasteiger partial charge in [-0.2, -0.15) is 0 Å². The maximum Gasteiger partial charge on any atom is 0.309 e. The number of aliphatic hydroxyl groups is 2. The number of hydrogen-bond donors (Lipinski definition) is 3. The maximum absolute atomic E-state index is 12.8. The predicted molar refractivity (Wildman–Crippen MR) is 134 cm³/mol. The van der Waals surface area contributed by atoms with Gasteiger partial charge < -0.3 is 15.3 Å². The monoisotopic (exact) mass is 472 g/mol. The molecule has 10 unspecified atom stereocenters. The lowest BCUT2D eigenvalue weighted by molar-refractivity contribution is -0.261. The molecule has 0 aromatic rings. The van der Waals surface area contributed by atoms with Crippen LogP contribution in [0.25, 0.3) is 0 Å². The highest BCUT2D eigenvalue weighted by Crippen LogP contribution is 2.77. The third-order valence-corrected chi connectivity index (χ3v) is 13.4. The van der Waals surface area contributed by atoms with Crippen LogP contribution in [0, 0.1) is 56.7 Å². The fraction of sp³-hybridized carbons (Fsp3) is 0.900. The topological polar surface area (TPSA) is 77.8 Å². The molecule has 5 saturated carbocycles. The Hall–Kier alpha value is -0.870. The van der Waals surface area contributed by atoms with Gasteiger partial charge in [-0.1, -0.05) is 39.8 Å². The van der Waals surface area contributed by atoms with Crippen molar-refractivity contribution in [1.29, 1.82) is 0 Å². The van der Waals surface area contributed by atoms with E-state index >= 15 is 0 Å². The zero-order valence-corrected chi connectivity index (χ0v) is 22.2. The fourth-order valence-electron chi connectivity index (χ4n) is 11.7. The molecule has 34 heavy (non-hydrogen) atoms. The van der Waals surface area contributed by atoms with Gasteiger partial charge in [-0.05, 0) is 117 Å². The lowest BCUT2D eigenvalue weighted by Gasteiger charge is -2.73. The number of hydrogen-bond acceptors (Lipinski definition) is 3. The zero-order chi connectivity index (χ0) is 24.9. The van der Waals surface area contributed by atoms with Crippen LogP contribution in [-0.2, 0) is 4.79 Å². The summed E-state index contributed by atoms with van der Waals surface area (Å²) in [5.41, 5.74) is 0.348. The van der Waals surface area contributed by atoms with Gasteiger partial charge in [-0.3, -0.25) is 4.79 Å². The minimum atomic E-state index is -0.645. The minimum absolute atomic E-state index is 0.00116. The number of aliphatic hydroxyl groups excluding tert-OH is 2. The van der Waals surface area contributed by atoms with Crippen molar-refractivity contribution < 1.29 is 20.1 Å². The van der Waals surface area contributed by atoms with Crippen molar-refractivity contribution >= 4 is 5.97 Å². The summed E-state index contributed by atoms with van der Waals surface area (Å²) in [6.07, 6.45) is 9.23. The number of rotatable bonds is 3. The third-order valence-electron chi connectivity index (χ3n) is 13.4. The first kappa shape index (κ1) is 24.8. The molecule has 4 nitrogen and oxygen atoms in total. The van der Waals surface area contributed by atoms with E-state index in [0.717, 1.165) is 63.4 Å². The third kappa shape index (κ3) is 2.76. The molecule has 0 amide bonds. The number of carboxylic acids is 1. The molecule has 5 aliphatic rings. The minimum Gasteiger partial charge on any atom is -0.481 e. The van der Waals surface area contributed by atoms with Gasteiger partial charge in [0.05, 0.1) is 11.5 Å². The fourth-order valence-corrected chi connectivity index (χ4v) is 11.7. The normalized spacial score (nSPS) is 53.7.